The van der Waals surface area contributed by atoms with Crippen molar-refractivity contribution in [3.05, 3.63) is 77.1 Å². The summed E-state index contributed by atoms with van der Waals surface area (Å²) >= 11 is 0. The van der Waals surface area contributed by atoms with Crippen LogP contribution in [0.5, 0.6) is 0 Å². The van der Waals surface area contributed by atoms with Gasteiger partial charge in [-0.1, -0.05) is 65.8 Å². The Bertz CT molecular complexity index is 1400. The van der Waals surface area contributed by atoms with Gasteiger partial charge in [0.25, 0.3) is 0 Å². The Kier molecular flexibility index (Phi) is 12.0. The number of benzene rings is 2. The number of pyridine rings is 1. The van der Waals surface area contributed by atoms with E-state index in [9.17, 15) is 9.90 Å². The summed E-state index contributed by atoms with van der Waals surface area (Å²) < 4.78 is 0. The number of hydrogen-bond donors (Lipinski definition) is 1. The van der Waals surface area contributed by atoms with Crippen LogP contribution in [0.4, 0.5) is 0 Å². The van der Waals surface area contributed by atoms with E-state index in [1.54, 1.807) is 5.56 Å². The van der Waals surface area contributed by atoms with Crippen molar-refractivity contribution in [3.8, 4) is 11.3 Å². The van der Waals surface area contributed by atoms with Gasteiger partial charge in [0.2, 0.25) is 0 Å². The normalized spacial score (nSPS) is 23.9. The summed E-state index contributed by atoms with van der Waals surface area (Å²) in [7, 11) is 0. The van der Waals surface area contributed by atoms with Crippen molar-refractivity contribution in [1.29, 1.82) is 0 Å². The monoisotopic (exact) mass is 771 g/mol. The maximum Gasteiger partial charge on any atom is 0.162 e. The largest absolute Gasteiger partial charge is 0.512 e. The van der Waals surface area contributed by atoms with Crippen LogP contribution in [0.1, 0.15) is 108 Å². The Morgan fingerprint density at radius 3 is 2.05 bits per heavy atom. The summed E-state index contributed by atoms with van der Waals surface area (Å²) in [6.07, 6.45) is 12.3. The number of hydrogen-bond acceptors (Lipinski definition) is 3. The smallest absolute Gasteiger partial charge is 0.162 e. The first-order valence-corrected chi connectivity index (χ1v) is 17.1. The number of rotatable bonds is 9. The van der Waals surface area contributed by atoms with Crippen LogP contribution in [-0.2, 0) is 24.9 Å². The van der Waals surface area contributed by atoms with E-state index in [1.165, 1.54) is 54.7 Å². The molecular weight excluding hydrogens is 719 g/mol. The molecule has 0 atom stereocenters. The minimum absolute atomic E-state index is 0. The molecule has 3 nitrogen and oxygen atoms in total. The van der Waals surface area contributed by atoms with Gasteiger partial charge < -0.3 is 5.11 Å². The van der Waals surface area contributed by atoms with Crippen LogP contribution in [0.2, 0.25) is 0 Å². The number of allylic oxidation sites excluding steroid dienone is 2. The number of aliphatic hydroxyl groups excluding tert-OH is 1. The average molecular weight is 771 g/mol. The molecule has 44 heavy (non-hydrogen) atoms. The third-order valence-electron chi connectivity index (χ3n) is 10.8. The molecular formula is C40H52IrNO2-. The molecule has 7 rings (SSSR count). The molecule has 4 aliphatic carbocycles. The van der Waals surface area contributed by atoms with Gasteiger partial charge in [-0.15, -0.1) is 34.9 Å². The van der Waals surface area contributed by atoms with Gasteiger partial charge in [0.15, 0.2) is 5.78 Å². The van der Waals surface area contributed by atoms with Crippen molar-refractivity contribution in [1.82, 2.24) is 4.98 Å². The van der Waals surface area contributed by atoms with Crippen molar-refractivity contribution < 1.29 is 30.0 Å². The molecule has 1 radical (unpaired) electrons. The zero-order valence-corrected chi connectivity index (χ0v) is 30.1. The molecule has 4 fully saturated rings. The zero-order valence-electron chi connectivity index (χ0n) is 27.7. The van der Waals surface area contributed by atoms with E-state index < -0.39 is 0 Å². The Morgan fingerprint density at radius 1 is 0.886 bits per heavy atom. The molecule has 0 aliphatic heterocycles. The quantitative estimate of drug-likeness (QED) is 0.134. The number of aryl methyl sites for hydroxylation is 2. The van der Waals surface area contributed by atoms with Gasteiger partial charge in [0.05, 0.1) is 11.3 Å². The van der Waals surface area contributed by atoms with Crippen LogP contribution in [0, 0.1) is 55.4 Å². The fourth-order valence-electron chi connectivity index (χ4n) is 8.86. The van der Waals surface area contributed by atoms with E-state index in [0.717, 1.165) is 72.0 Å². The molecule has 3 aromatic rings. The van der Waals surface area contributed by atoms with Gasteiger partial charge >= 0.3 is 0 Å². The van der Waals surface area contributed by atoms with E-state index in [4.69, 9.17) is 4.98 Å². The third kappa shape index (κ3) is 7.56. The first kappa shape index (κ1) is 34.6. The molecule has 239 valence electrons. The molecule has 0 unspecified atom stereocenters. The van der Waals surface area contributed by atoms with Crippen molar-refractivity contribution in [2.24, 2.45) is 35.5 Å². The van der Waals surface area contributed by atoms with Crippen LogP contribution in [-0.4, -0.2) is 15.9 Å². The van der Waals surface area contributed by atoms with Gasteiger partial charge in [-0.05, 0) is 105 Å². The van der Waals surface area contributed by atoms with Crippen molar-refractivity contribution >= 4 is 16.7 Å². The first-order chi connectivity index (χ1) is 20.7. The fraction of sp³-hybridized carbons (Fsp3) is 0.550. The first-order valence-electron chi connectivity index (χ1n) is 17.1. The van der Waals surface area contributed by atoms with Crippen LogP contribution in [0.25, 0.3) is 22.2 Å². The number of nitrogens with zero attached hydrogens (tertiary/aromatic N) is 1. The Morgan fingerprint density at radius 2 is 1.48 bits per heavy atom. The number of fused-ring (bicyclic) bond motifs is 1. The van der Waals surface area contributed by atoms with Crippen molar-refractivity contribution in [2.75, 3.05) is 0 Å². The number of aromatic nitrogens is 1. The van der Waals surface area contributed by atoms with Crippen molar-refractivity contribution in [3.63, 3.8) is 0 Å². The number of carbonyl (C=O) groups excluding carboxylic acids is 1. The van der Waals surface area contributed by atoms with Crippen molar-refractivity contribution in [2.45, 2.75) is 105 Å². The molecule has 0 amide bonds. The standard InChI is InChI=1S/C27H28N.C13H24O2.Ir/c1-16-7-17(2)9-20(8-16)26-15-24(23-5-3-4-6-25(23)28-26)27-21-11-18-10-19(13-21)14-22(27)12-18;1-5-10(6-2)12(14)9-13(15)11(7-3)8-4;/h3-8,15,18-19,21-22,27H,10-14H2,1-2H3;9-11,14H,5-8H2,1-4H3;/q-1;;/b;12-9-;. The molecule has 0 saturated heterocycles. The van der Waals surface area contributed by atoms with Crippen LogP contribution in [0.15, 0.2) is 54.3 Å². The third-order valence-corrected chi connectivity index (χ3v) is 10.8. The summed E-state index contributed by atoms with van der Waals surface area (Å²) in [5, 5.41) is 11.1. The van der Waals surface area contributed by atoms with Gasteiger partial charge in [-0.25, -0.2) is 0 Å². The molecule has 1 aromatic heterocycles. The fourth-order valence-corrected chi connectivity index (χ4v) is 8.86. The number of carbonyl (C=O) groups is 1. The summed E-state index contributed by atoms with van der Waals surface area (Å²) in [6, 6.07) is 19.2. The van der Waals surface area contributed by atoms with E-state index in [0.29, 0.717) is 0 Å². The molecule has 1 N–H and O–H groups in total. The molecule has 0 spiro atoms. The number of ketones is 1. The summed E-state index contributed by atoms with van der Waals surface area (Å²) in [4.78, 5) is 16.8. The minimum atomic E-state index is 0. The predicted molar refractivity (Wildman–Crippen MR) is 179 cm³/mol. The van der Waals surface area contributed by atoms with E-state index in [1.807, 2.05) is 27.7 Å². The zero-order chi connectivity index (χ0) is 30.7. The van der Waals surface area contributed by atoms with Gasteiger partial charge in [0, 0.05) is 43.4 Å². The summed E-state index contributed by atoms with van der Waals surface area (Å²) in [5.41, 5.74) is 7.46. The Hall–Kier alpha value is -2.29. The Labute approximate surface area is 279 Å². The van der Waals surface area contributed by atoms with Gasteiger partial charge in [-0.2, -0.15) is 0 Å². The van der Waals surface area contributed by atoms with E-state index in [2.05, 4.69) is 62.4 Å². The summed E-state index contributed by atoms with van der Waals surface area (Å²) in [6.45, 7) is 12.4. The van der Waals surface area contributed by atoms with Crippen LogP contribution in [0.3, 0.4) is 0 Å². The molecule has 4 bridgehead atoms. The van der Waals surface area contributed by atoms with E-state index in [-0.39, 0.29) is 43.5 Å². The maximum absolute atomic E-state index is 11.7. The number of para-hydroxylation sites is 1. The van der Waals surface area contributed by atoms with E-state index >= 15 is 0 Å². The average Bonchev–Trinajstić information content (AvgIpc) is 2.97. The second-order valence-electron chi connectivity index (χ2n) is 13.8. The number of aliphatic hydroxyl groups is 1. The second kappa shape index (κ2) is 15.3. The van der Waals surface area contributed by atoms with Gasteiger partial charge in [-0.3, -0.25) is 9.78 Å². The molecule has 2 aromatic carbocycles. The molecule has 1 heterocycles. The minimum Gasteiger partial charge on any atom is -0.512 e. The molecule has 4 heteroatoms. The van der Waals surface area contributed by atoms with Gasteiger partial charge in [0.1, 0.15) is 0 Å². The topological polar surface area (TPSA) is 50.2 Å². The SMILES string of the molecule is CCC(CC)C(=O)/C=C(\O)C(CC)CC.Cc1[c-]c(-c2cc(C3C4CC5CC(C4)CC3C5)c3ccccc3n2)cc(C)c1.[Ir]. The van der Waals surface area contributed by atoms with Crippen LogP contribution >= 0.6 is 0 Å². The second-order valence-corrected chi connectivity index (χ2v) is 13.8. The summed E-state index contributed by atoms with van der Waals surface area (Å²) in [5.74, 6) is 5.07. The molecule has 4 aliphatic rings. The maximum atomic E-state index is 11.7. The predicted octanol–water partition coefficient (Wildman–Crippen LogP) is 10.7. The van der Waals surface area contributed by atoms with Crippen LogP contribution < -0.4 is 0 Å². The molecule has 4 saturated carbocycles. The Balaban J connectivity index is 0.000000239.